The summed E-state index contributed by atoms with van der Waals surface area (Å²) in [4.78, 5) is 59.9. The van der Waals surface area contributed by atoms with Crippen molar-refractivity contribution < 1.29 is 28.7 Å². The van der Waals surface area contributed by atoms with E-state index in [4.69, 9.17) is 9.47 Å². The molecule has 244 valence electrons. The Hall–Kier alpha value is -4.08. The maximum absolute atomic E-state index is 14.3. The van der Waals surface area contributed by atoms with Gasteiger partial charge in [0, 0.05) is 72.7 Å². The zero-order valence-corrected chi connectivity index (χ0v) is 28.4. The molecule has 9 heteroatoms. The van der Waals surface area contributed by atoms with Gasteiger partial charge in [-0.3, -0.25) is 29.0 Å². The highest BCUT2D eigenvalue weighted by Crippen LogP contribution is 2.51. The number of benzene rings is 5. The smallest absolute Gasteiger partial charge is 0.261 e. The van der Waals surface area contributed by atoms with E-state index in [9.17, 15) is 19.2 Å². The number of hydrogen-bond acceptors (Lipinski definition) is 6. The van der Waals surface area contributed by atoms with E-state index < -0.39 is 0 Å². The summed E-state index contributed by atoms with van der Waals surface area (Å²) in [6.45, 7) is 0.606. The molecule has 9 rings (SSSR count). The maximum Gasteiger partial charge on any atom is 0.261 e. The Morgan fingerprint density at radius 1 is 0.583 bits per heavy atom. The summed E-state index contributed by atoms with van der Waals surface area (Å²) < 4.78 is 12.4. The third kappa shape index (κ3) is 4.10. The van der Waals surface area contributed by atoms with Gasteiger partial charge in [0.05, 0.1) is 12.2 Å². The van der Waals surface area contributed by atoms with E-state index in [0.717, 1.165) is 101 Å². The fourth-order valence-electron chi connectivity index (χ4n) is 9.11. The summed E-state index contributed by atoms with van der Waals surface area (Å²) in [7, 11) is 1.61. The molecule has 0 spiro atoms. The third-order valence-corrected chi connectivity index (χ3v) is 11.9. The molecule has 48 heavy (non-hydrogen) atoms. The van der Waals surface area contributed by atoms with Crippen molar-refractivity contribution in [2.75, 3.05) is 20.3 Å². The predicted molar refractivity (Wildman–Crippen MR) is 187 cm³/mol. The number of halogens is 1. The summed E-state index contributed by atoms with van der Waals surface area (Å²) in [5.74, 6) is -0.520. The summed E-state index contributed by atoms with van der Waals surface area (Å²) in [6.07, 6.45) is 9.51. The van der Waals surface area contributed by atoms with Gasteiger partial charge in [0.25, 0.3) is 23.6 Å². The van der Waals surface area contributed by atoms with Gasteiger partial charge in [0.1, 0.15) is 12.4 Å². The van der Waals surface area contributed by atoms with Crippen molar-refractivity contribution in [2.24, 2.45) is 0 Å². The van der Waals surface area contributed by atoms with Crippen molar-refractivity contribution in [3.05, 3.63) is 63.1 Å². The monoisotopic (exact) mass is 706 g/mol. The Morgan fingerprint density at radius 2 is 1.06 bits per heavy atom. The van der Waals surface area contributed by atoms with E-state index in [1.54, 1.807) is 13.2 Å². The van der Waals surface area contributed by atoms with Gasteiger partial charge in [-0.15, -0.1) is 0 Å². The molecule has 2 heterocycles. The standard InChI is InChI=1S/C39H35BrN2O6/c1-47-16-17-48-29-19-27-31-25(37(44)42(39(27)46)21-10-6-3-7-11-21)14-12-22-32-28(40)18-26-30-24(15-13-23(34(30)32)33(29)35(22)31)36(43)41(38(26)45)20-8-4-2-5-9-20/h12-15,18-21H,2-11,16-17H2,1H3. The van der Waals surface area contributed by atoms with E-state index in [2.05, 4.69) is 15.9 Å². The van der Waals surface area contributed by atoms with Gasteiger partial charge >= 0.3 is 0 Å². The number of carbonyl (C=O) groups excluding carboxylic acids is 4. The molecule has 2 fully saturated rings. The largest absolute Gasteiger partial charge is 0.490 e. The topological polar surface area (TPSA) is 93.2 Å². The first-order valence-corrected chi connectivity index (χ1v) is 18.0. The molecule has 0 N–H and O–H groups in total. The molecule has 2 aliphatic carbocycles. The summed E-state index contributed by atoms with van der Waals surface area (Å²) >= 11 is 3.84. The highest BCUT2D eigenvalue weighted by atomic mass is 79.9. The molecule has 2 aliphatic heterocycles. The number of amides is 4. The van der Waals surface area contributed by atoms with Crippen LogP contribution in [-0.4, -0.2) is 65.8 Å². The predicted octanol–water partition coefficient (Wildman–Crippen LogP) is 8.38. The Morgan fingerprint density at radius 3 is 1.60 bits per heavy atom. The summed E-state index contributed by atoms with van der Waals surface area (Å²) in [5.41, 5.74) is 2.00. The lowest BCUT2D eigenvalue weighted by Gasteiger charge is -2.37. The van der Waals surface area contributed by atoms with Gasteiger partial charge in [0.2, 0.25) is 0 Å². The molecule has 4 amide bonds. The van der Waals surface area contributed by atoms with Crippen molar-refractivity contribution in [1.29, 1.82) is 0 Å². The van der Waals surface area contributed by atoms with E-state index in [-0.39, 0.29) is 42.3 Å². The first-order valence-electron chi connectivity index (χ1n) is 17.2. The van der Waals surface area contributed by atoms with Crippen LogP contribution in [0.3, 0.4) is 0 Å². The van der Waals surface area contributed by atoms with Crippen LogP contribution in [0, 0.1) is 0 Å². The molecule has 5 aromatic carbocycles. The van der Waals surface area contributed by atoms with E-state index in [0.29, 0.717) is 45.4 Å². The highest BCUT2D eigenvalue weighted by molar-refractivity contribution is 9.10. The van der Waals surface area contributed by atoms with Crippen LogP contribution in [0.4, 0.5) is 0 Å². The second-order valence-corrected chi connectivity index (χ2v) is 14.6. The summed E-state index contributed by atoms with van der Waals surface area (Å²) in [6, 6.07) is 11.0. The van der Waals surface area contributed by atoms with Crippen LogP contribution in [0.2, 0.25) is 0 Å². The minimum absolute atomic E-state index is 0.103. The van der Waals surface area contributed by atoms with Crippen LogP contribution in [0.15, 0.2) is 40.9 Å². The fourth-order valence-corrected chi connectivity index (χ4v) is 9.75. The number of hydrogen-bond donors (Lipinski definition) is 0. The highest BCUT2D eigenvalue weighted by Gasteiger charge is 2.42. The quantitative estimate of drug-likeness (QED) is 0.0762. The van der Waals surface area contributed by atoms with Gasteiger partial charge in [0.15, 0.2) is 0 Å². The number of carbonyl (C=O) groups is 4. The molecule has 4 aliphatic rings. The Labute approximate surface area is 285 Å². The third-order valence-electron chi connectivity index (χ3n) is 11.2. The van der Waals surface area contributed by atoms with Gasteiger partial charge < -0.3 is 9.47 Å². The Kier molecular flexibility index (Phi) is 7.03. The van der Waals surface area contributed by atoms with Crippen molar-refractivity contribution in [3.8, 4) is 5.75 Å². The molecule has 0 aromatic heterocycles. The zero-order chi connectivity index (χ0) is 32.8. The molecule has 0 atom stereocenters. The Bertz CT molecular complexity index is 2230. The van der Waals surface area contributed by atoms with Crippen molar-refractivity contribution in [3.63, 3.8) is 0 Å². The second-order valence-electron chi connectivity index (χ2n) is 13.8. The lowest BCUT2D eigenvalue weighted by molar-refractivity contribution is 0.0487. The van der Waals surface area contributed by atoms with E-state index in [1.807, 2.05) is 30.3 Å². The molecule has 8 nitrogen and oxygen atoms in total. The molecule has 0 saturated heterocycles. The molecule has 2 saturated carbocycles. The zero-order valence-electron chi connectivity index (χ0n) is 26.8. The molecule has 0 bridgehead atoms. The molecular formula is C39H35BrN2O6. The van der Waals surface area contributed by atoms with Crippen molar-refractivity contribution in [2.45, 2.75) is 76.3 Å². The van der Waals surface area contributed by atoms with Crippen molar-refractivity contribution in [1.82, 2.24) is 9.80 Å². The number of fused-ring (bicyclic) bond motifs is 2. The average molecular weight is 708 g/mol. The van der Waals surface area contributed by atoms with Gasteiger partial charge in [-0.1, -0.05) is 66.6 Å². The summed E-state index contributed by atoms with van der Waals surface area (Å²) in [5, 5.41) is 6.07. The fraction of sp³-hybridized carbons (Fsp3) is 0.385. The van der Waals surface area contributed by atoms with Crippen LogP contribution < -0.4 is 4.74 Å². The van der Waals surface area contributed by atoms with Crippen LogP contribution in [0.1, 0.15) is 106 Å². The van der Waals surface area contributed by atoms with Gasteiger partial charge in [-0.05, 0) is 60.7 Å². The minimum Gasteiger partial charge on any atom is -0.490 e. The van der Waals surface area contributed by atoms with E-state index >= 15 is 0 Å². The lowest BCUT2D eigenvalue weighted by atomic mass is 9.81. The number of ether oxygens (including phenoxy) is 2. The van der Waals surface area contributed by atoms with Crippen LogP contribution in [-0.2, 0) is 4.74 Å². The normalized spacial score (nSPS) is 19.2. The van der Waals surface area contributed by atoms with Crippen LogP contribution in [0.5, 0.6) is 5.75 Å². The molecule has 5 aromatic rings. The molecular weight excluding hydrogens is 672 g/mol. The Balaban J connectivity index is 1.35. The first kappa shape index (κ1) is 30.0. The van der Waals surface area contributed by atoms with E-state index in [1.165, 1.54) is 9.80 Å². The molecule has 0 unspecified atom stereocenters. The van der Waals surface area contributed by atoms with Gasteiger partial charge in [-0.25, -0.2) is 0 Å². The van der Waals surface area contributed by atoms with Gasteiger partial charge in [-0.2, -0.15) is 0 Å². The number of methoxy groups -OCH3 is 1. The number of imide groups is 2. The number of rotatable bonds is 6. The van der Waals surface area contributed by atoms with Crippen LogP contribution in [0.25, 0.3) is 43.1 Å². The number of nitrogens with zero attached hydrogens (tertiary/aromatic N) is 2. The van der Waals surface area contributed by atoms with Crippen molar-refractivity contribution >= 4 is 82.6 Å². The van der Waals surface area contributed by atoms with Crippen LogP contribution >= 0.6 is 15.9 Å². The SMILES string of the molecule is COCCOc1cc2c3c(ccc4c5c(Br)cc6c7c(ccc(c1c34)c75)C(=O)N(C1CCCCC1)C6=O)C(=O)N(C1CCCCC1)C2=O. The first-order chi connectivity index (χ1) is 23.4. The maximum atomic E-state index is 14.3. The average Bonchev–Trinajstić information content (AvgIpc) is 3.10. The minimum atomic E-state index is -0.284. The molecule has 0 radical (unpaired) electrons. The lowest BCUT2D eigenvalue weighted by Crippen LogP contribution is -2.48. The second kappa shape index (κ2) is 11.2.